The average Bonchev–Trinajstić information content (AvgIpc) is 3.41. The number of carbonyl (C=O) groups is 4. The number of hydrogen-bond acceptors (Lipinski definition) is 5. The van der Waals surface area contributed by atoms with E-state index in [2.05, 4.69) is 5.32 Å². The monoisotopic (exact) mass is 498 g/mol. The van der Waals surface area contributed by atoms with Crippen molar-refractivity contribution in [3.63, 3.8) is 0 Å². The number of fused-ring (bicyclic) bond motifs is 2. The summed E-state index contributed by atoms with van der Waals surface area (Å²) in [6.07, 6.45) is 1.19. The van der Waals surface area contributed by atoms with Gasteiger partial charge in [-0.25, -0.2) is 4.79 Å². The number of carbonyl (C=O) groups excluding carboxylic acids is 3. The third-order valence-corrected chi connectivity index (χ3v) is 6.78. The van der Waals surface area contributed by atoms with Crippen LogP contribution in [0.3, 0.4) is 0 Å². The van der Waals surface area contributed by atoms with Crippen LogP contribution in [0.5, 0.6) is 0 Å². The van der Waals surface area contributed by atoms with E-state index in [1.807, 2.05) is 51.1 Å². The van der Waals surface area contributed by atoms with Gasteiger partial charge in [0, 0.05) is 24.5 Å². The Labute approximate surface area is 210 Å². The van der Waals surface area contributed by atoms with Crippen LogP contribution in [0.25, 0.3) is 10.9 Å². The van der Waals surface area contributed by atoms with Crippen LogP contribution in [0.1, 0.15) is 51.8 Å². The Morgan fingerprint density at radius 1 is 1.17 bits per heavy atom. The molecule has 194 valence electrons. The lowest BCUT2D eigenvalue weighted by atomic mass is 9.95. The highest BCUT2D eigenvalue weighted by Crippen LogP contribution is 2.31. The zero-order valence-corrected chi connectivity index (χ0v) is 21.1. The van der Waals surface area contributed by atoms with Crippen LogP contribution in [0.2, 0.25) is 0 Å². The Kier molecular flexibility index (Phi) is 7.08. The summed E-state index contributed by atoms with van der Waals surface area (Å²) < 4.78 is 7.46. The number of benzene rings is 1. The van der Waals surface area contributed by atoms with E-state index in [1.165, 1.54) is 11.8 Å². The van der Waals surface area contributed by atoms with Crippen molar-refractivity contribution in [1.29, 1.82) is 0 Å². The molecule has 0 spiro atoms. The van der Waals surface area contributed by atoms with Gasteiger partial charge in [-0.3, -0.25) is 23.9 Å². The quantitative estimate of drug-likeness (QED) is 0.654. The van der Waals surface area contributed by atoms with E-state index in [1.54, 1.807) is 10.8 Å². The summed E-state index contributed by atoms with van der Waals surface area (Å²) in [6, 6.07) is 6.77. The van der Waals surface area contributed by atoms with Crippen LogP contribution >= 0.6 is 0 Å². The smallest absolute Gasteiger partial charge is 0.407 e. The molecule has 0 saturated carbocycles. The first-order valence-electron chi connectivity index (χ1n) is 12.3. The van der Waals surface area contributed by atoms with Crippen LogP contribution in [0, 0.1) is 5.41 Å². The minimum atomic E-state index is -1.20. The Balaban J connectivity index is 1.52. The zero-order chi connectivity index (χ0) is 26.2. The van der Waals surface area contributed by atoms with Crippen LogP contribution in [0.15, 0.2) is 36.5 Å². The van der Waals surface area contributed by atoms with Crippen molar-refractivity contribution in [2.45, 2.75) is 71.3 Å². The molecule has 1 aromatic carbocycles. The molecule has 0 bridgehead atoms. The van der Waals surface area contributed by atoms with Crippen LogP contribution in [0.4, 0.5) is 4.79 Å². The van der Waals surface area contributed by atoms with E-state index < -0.39 is 36.4 Å². The summed E-state index contributed by atoms with van der Waals surface area (Å²) in [4.78, 5) is 54.5. The number of nitrogens with one attached hydrogen (secondary N) is 1. The van der Waals surface area contributed by atoms with Gasteiger partial charge in [-0.1, -0.05) is 39.0 Å². The third kappa shape index (κ3) is 5.09. The van der Waals surface area contributed by atoms with E-state index in [-0.39, 0.29) is 36.8 Å². The lowest BCUT2D eigenvalue weighted by Gasteiger charge is -2.33. The van der Waals surface area contributed by atoms with Crippen molar-refractivity contribution < 1.29 is 29.0 Å². The topological polar surface area (TPSA) is 121 Å². The lowest BCUT2D eigenvalue weighted by Crippen LogP contribution is -2.57. The fourth-order valence-electron chi connectivity index (χ4n) is 4.99. The maximum Gasteiger partial charge on any atom is 0.407 e. The van der Waals surface area contributed by atoms with E-state index in [0.29, 0.717) is 12.8 Å². The molecular weight excluding hydrogens is 464 g/mol. The van der Waals surface area contributed by atoms with Crippen LogP contribution in [-0.2, 0) is 14.3 Å². The van der Waals surface area contributed by atoms with Crippen molar-refractivity contribution in [1.82, 2.24) is 19.7 Å². The van der Waals surface area contributed by atoms with Crippen molar-refractivity contribution >= 4 is 34.7 Å². The molecule has 2 saturated heterocycles. The predicted octanol–water partition coefficient (Wildman–Crippen LogP) is 2.92. The number of amides is 3. The van der Waals surface area contributed by atoms with Gasteiger partial charge in [-0.15, -0.1) is 0 Å². The number of rotatable bonds is 5. The van der Waals surface area contributed by atoms with Gasteiger partial charge in [-0.2, -0.15) is 0 Å². The maximum absolute atomic E-state index is 13.6. The van der Waals surface area contributed by atoms with Crippen molar-refractivity contribution in [3.8, 4) is 0 Å². The fraction of sp³-hybridized carbons (Fsp3) is 0.538. The summed E-state index contributed by atoms with van der Waals surface area (Å²) >= 11 is 0. The second-order valence-electron chi connectivity index (χ2n) is 10.7. The number of nitrogens with zero attached hydrogens (tertiary/aromatic N) is 3. The van der Waals surface area contributed by atoms with Crippen LogP contribution < -0.4 is 5.32 Å². The second kappa shape index (κ2) is 9.93. The molecule has 3 heterocycles. The number of carboxylic acid groups (broad SMARTS) is 1. The molecule has 4 atom stereocenters. The molecule has 2 N–H and O–H groups in total. The van der Waals surface area contributed by atoms with Gasteiger partial charge in [-0.05, 0) is 37.3 Å². The lowest BCUT2D eigenvalue weighted by molar-refractivity contribution is -0.143. The first kappa shape index (κ1) is 25.7. The SMILES string of the molecule is C[C@@H](C(=O)N[C@H]1CCO[C@H]2CCC(C(=O)n3ccc4ccccc43)N2C1=O)N(CC(C)(C)C)C(=O)O. The Bertz CT molecular complexity index is 1170. The summed E-state index contributed by atoms with van der Waals surface area (Å²) in [5, 5.41) is 13.3. The molecule has 3 amide bonds. The van der Waals surface area contributed by atoms with E-state index in [9.17, 15) is 24.3 Å². The molecule has 2 aromatic rings. The Hall–Kier alpha value is -3.40. The molecule has 1 aromatic heterocycles. The minimum absolute atomic E-state index is 0.161. The standard InChI is InChI=1S/C26H34N4O6/c1-16(29(25(34)35)15-26(2,3)4)22(31)27-18-12-14-36-21-10-9-20(30(21)23(18)32)24(33)28-13-11-17-7-5-6-8-19(17)28/h5-8,11,13,16,18,20-21H,9-10,12,14-15H2,1-4H3,(H,27,31)(H,34,35)/t16-,18-,20?,21-/m0/s1. The predicted molar refractivity (Wildman–Crippen MR) is 132 cm³/mol. The third-order valence-electron chi connectivity index (χ3n) is 6.78. The van der Waals surface area contributed by atoms with Crippen molar-refractivity contribution in [2.75, 3.05) is 13.2 Å². The summed E-state index contributed by atoms with van der Waals surface area (Å²) in [5.41, 5.74) is 0.415. The first-order valence-corrected chi connectivity index (χ1v) is 12.3. The van der Waals surface area contributed by atoms with Gasteiger partial charge in [0.25, 0.3) is 5.91 Å². The second-order valence-corrected chi connectivity index (χ2v) is 10.7. The molecule has 10 nitrogen and oxygen atoms in total. The molecule has 0 radical (unpaired) electrons. The molecule has 36 heavy (non-hydrogen) atoms. The molecule has 4 rings (SSSR count). The summed E-state index contributed by atoms with van der Waals surface area (Å²) in [5.74, 6) is -1.17. The maximum atomic E-state index is 13.6. The van der Waals surface area contributed by atoms with Crippen LogP contribution in [-0.4, -0.2) is 80.8 Å². The Morgan fingerprint density at radius 3 is 2.58 bits per heavy atom. The molecule has 2 aliphatic heterocycles. The van der Waals surface area contributed by atoms with Gasteiger partial charge in [0.15, 0.2) is 0 Å². The normalized spacial score (nSPS) is 23.2. The van der Waals surface area contributed by atoms with Gasteiger partial charge >= 0.3 is 6.09 Å². The van der Waals surface area contributed by atoms with E-state index >= 15 is 0 Å². The highest BCUT2D eigenvalue weighted by atomic mass is 16.5. The fourth-order valence-corrected chi connectivity index (χ4v) is 4.99. The number of hydrogen-bond donors (Lipinski definition) is 2. The van der Waals surface area contributed by atoms with Gasteiger partial charge < -0.3 is 20.1 Å². The molecule has 2 fully saturated rings. The van der Waals surface area contributed by atoms with E-state index in [4.69, 9.17) is 4.74 Å². The summed E-state index contributed by atoms with van der Waals surface area (Å²) in [7, 11) is 0. The average molecular weight is 499 g/mol. The van der Waals surface area contributed by atoms with Gasteiger partial charge in [0.2, 0.25) is 11.8 Å². The zero-order valence-electron chi connectivity index (χ0n) is 21.1. The summed E-state index contributed by atoms with van der Waals surface area (Å²) in [6.45, 7) is 7.57. The molecule has 1 unspecified atom stereocenters. The van der Waals surface area contributed by atoms with Gasteiger partial charge in [0.05, 0.1) is 12.1 Å². The van der Waals surface area contributed by atoms with Gasteiger partial charge in [0.1, 0.15) is 24.4 Å². The van der Waals surface area contributed by atoms with E-state index in [0.717, 1.165) is 15.8 Å². The highest BCUT2D eigenvalue weighted by molar-refractivity contribution is 5.98. The molecule has 10 heteroatoms. The van der Waals surface area contributed by atoms with Crippen molar-refractivity contribution in [2.24, 2.45) is 5.41 Å². The molecular formula is C26H34N4O6. The molecule has 0 aliphatic carbocycles. The molecule has 2 aliphatic rings. The first-order chi connectivity index (χ1) is 17.0. The minimum Gasteiger partial charge on any atom is -0.465 e. The largest absolute Gasteiger partial charge is 0.465 e. The van der Waals surface area contributed by atoms with Crippen molar-refractivity contribution in [3.05, 3.63) is 36.5 Å². The highest BCUT2D eigenvalue weighted by Gasteiger charge is 2.46. The number of para-hydroxylation sites is 1. The number of ether oxygens (including phenoxy) is 1. The number of aromatic nitrogens is 1. The Morgan fingerprint density at radius 2 is 1.89 bits per heavy atom.